The fourth-order valence-corrected chi connectivity index (χ4v) is 9.23. The standard InChI is InChI=1S/C63H115N2O6P/c1-6-8-10-12-14-16-18-20-22-24-26-28-30-32-34-36-38-40-42-44-46-48-50-52-54-56-62(66)61(60-71-72(68,69)70-59-58-65(3,4)5)64-63(67)57-55-53-51-49-47-45-43-41-39-37-35-33-31-29-27-25-23-21-19-17-15-13-11-9-7-2/h9,11,15,17,21,23,27,29,33,35,39,41,45,47,61-62,66H,6-8,10,12-14,16,18-20,22,24-26,28,30-32,34,36-38,40,42-44,46,48-60H2,1-5H3,(H-,64,67,68,69)/p+1/b11-9-,17-15-,23-21-,29-27-,35-33-,41-39-,47-45-. The molecule has 0 fully saturated rings. The van der Waals surface area contributed by atoms with Gasteiger partial charge in [0.05, 0.1) is 39.9 Å². The van der Waals surface area contributed by atoms with Gasteiger partial charge in [-0.1, -0.05) is 266 Å². The summed E-state index contributed by atoms with van der Waals surface area (Å²) in [7, 11) is 1.59. The molecule has 0 saturated heterocycles. The van der Waals surface area contributed by atoms with Crippen LogP contribution in [0.15, 0.2) is 85.1 Å². The number of carbonyl (C=O) groups is 1. The predicted octanol–water partition coefficient (Wildman–Crippen LogP) is 18.4. The summed E-state index contributed by atoms with van der Waals surface area (Å²) in [5, 5.41) is 14.1. The molecule has 0 aromatic heterocycles. The molecule has 1 amide bonds. The minimum absolute atomic E-state index is 0.0636. The Labute approximate surface area is 446 Å². The first-order chi connectivity index (χ1) is 35.0. The van der Waals surface area contributed by atoms with Crippen molar-refractivity contribution in [1.29, 1.82) is 0 Å². The minimum atomic E-state index is -4.34. The maximum Gasteiger partial charge on any atom is 0.472 e. The van der Waals surface area contributed by atoms with E-state index in [4.69, 9.17) is 9.05 Å². The zero-order valence-electron chi connectivity index (χ0n) is 47.7. The molecule has 0 aliphatic heterocycles. The zero-order valence-corrected chi connectivity index (χ0v) is 48.5. The van der Waals surface area contributed by atoms with Crippen molar-refractivity contribution in [3.05, 3.63) is 85.1 Å². The lowest BCUT2D eigenvalue weighted by Gasteiger charge is -2.26. The summed E-state index contributed by atoms with van der Waals surface area (Å²) < 4.78 is 23.8. The Balaban J connectivity index is 4.25. The average molecular weight is 1030 g/mol. The number of hydrogen-bond acceptors (Lipinski definition) is 5. The zero-order chi connectivity index (χ0) is 52.7. The first-order valence-electron chi connectivity index (χ1n) is 30.0. The highest BCUT2D eigenvalue weighted by Gasteiger charge is 2.28. The molecule has 8 nitrogen and oxygen atoms in total. The lowest BCUT2D eigenvalue weighted by Crippen LogP contribution is -2.46. The molecule has 0 spiro atoms. The first kappa shape index (κ1) is 69.7. The van der Waals surface area contributed by atoms with E-state index in [1.807, 2.05) is 21.1 Å². The van der Waals surface area contributed by atoms with Crippen LogP contribution in [0.5, 0.6) is 0 Å². The van der Waals surface area contributed by atoms with E-state index >= 15 is 0 Å². The summed E-state index contributed by atoms with van der Waals surface area (Å²) in [5.74, 6) is -0.177. The number of quaternary nitrogens is 1. The van der Waals surface area contributed by atoms with Crippen molar-refractivity contribution >= 4 is 13.7 Å². The van der Waals surface area contributed by atoms with Gasteiger partial charge in [0.15, 0.2) is 0 Å². The number of unbranched alkanes of at least 4 members (excludes halogenated alkanes) is 27. The second-order valence-electron chi connectivity index (χ2n) is 21.3. The van der Waals surface area contributed by atoms with Crippen LogP contribution >= 0.6 is 7.82 Å². The molecule has 0 radical (unpaired) electrons. The van der Waals surface area contributed by atoms with Crippen LogP contribution in [0.1, 0.15) is 258 Å². The summed E-state index contributed by atoms with van der Waals surface area (Å²) in [6.07, 6.45) is 75.0. The SMILES string of the molecule is CC/C=C\C/C=C\C/C=C\C/C=C\C/C=C\C/C=C\C/C=C\CCCCCC(=O)NC(COP(=O)(O)OCC[N+](C)(C)C)C(O)CCCCCCCCCCCCCCCCCCCCCCCCCCC. The smallest absolute Gasteiger partial charge is 0.391 e. The van der Waals surface area contributed by atoms with Crippen LogP contribution in [0.2, 0.25) is 0 Å². The molecule has 0 heterocycles. The summed E-state index contributed by atoms with van der Waals surface area (Å²) >= 11 is 0. The fourth-order valence-electron chi connectivity index (χ4n) is 8.50. The molecule has 0 aromatic rings. The number of phosphoric acid groups is 1. The van der Waals surface area contributed by atoms with Gasteiger partial charge in [0.25, 0.3) is 0 Å². The van der Waals surface area contributed by atoms with Crippen molar-refractivity contribution in [3.8, 4) is 0 Å². The van der Waals surface area contributed by atoms with Crippen LogP contribution in [-0.2, 0) is 18.4 Å². The third-order valence-corrected chi connectivity index (χ3v) is 14.1. The summed E-state index contributed by atoms with van der Waals surface area (Å²) in [6.45, 7) is 4.76. The number of rotatable bonds is 54. The number of nitrogens with zero attached hydrogens (tertiary/aromatic N) is 1. The third kappa shape index (κ3) is 55.4. The van der Waals surface area contributed by atoms with E-state index in [1.54, 1.807) is 0 Å². The molecule has 9 heteroatoms. The van der Waals surface area contributed by atoms with Gasteiger partial charge in [-0.3, -0.25) is 13.8 Å². The molecular formula is C63H116N2O6P+. The predicted molar refractivity (Wildman–Crippen MR) is 313 cm³/mol. The Kier molecular flexibility index (Phi) is 51.8. The summed E-state index contributed by atoms with van der Waals surface area (Å²) in [6, 6.07) is -0.786. The molecule has 0 rings (SSSR count). The number of hydrogen-bond donors (Lipinski definition) is 3. The quantitative estimate of drug-likeness (QED) is 0.0243. The van der Waals surface area contributed by atoms with E-state index in [1.165, 1.54) is 141 Å². The second-order valence-corrected chi connectivity index (χ2v) is 22.8. The van der Waals surface area contributed by atoms with Crippen molar-refractivity contribution in [1.82, 2.24) is 5.32 Å². The van der Waals surface area contributed by atoms with E-state index in [0.29, 0.717) is 23.9 Å². The number of nitrogens with one attached hydrogen (secondary N) is 1. The maximum atomic E-state index is 13.0. The molecule has 72 heavy (non-hydrogen) atoms. The van der Waals surface area contributed by atoms with Gasteiger partial charge < -0.3 is 19.8 Å². The second kappa shape index (κ2) is 53.5. The van der Waals surface area contributed by atoms with Gasteiger partial charge in [0, 0.05) is 6.42 Å². The lowest BCUT2D eigenvalue weighted by atomic mass is 10.0. The largest absolute Gasteiger partial charge is 0.472 e. The highest BCUT2D eigenvalue weighted by molar-refractivity contribution is 7.47. The molecule has 0 aliphatic carbocycles. The topological polar surface area (TPSA) is 105 Å². The van der Waals surface area contributed by atoms with Crippen molar-refractivity contribution in [2.45, 2.75) is 270 Å². The van der Waals surface area contributed by atoms with Crippen LogP contribution < -0.4 is 5.32 Å². The van der Waals surface area contributed by atoms with E-state index in [9.17, 15) is 19.4 Å². The van der Waals surface area contributed by atoms with Gasteiger partial charge in [0.1, 0.15) is 13.2 Å². The van der Waals surface area contributed by atoms with E-state index < -0.39 is 20.0 Å². The number of allylic oxidation sites excluding steroid dienone is 14. The Hall–Kier alpha value is -2.32. The van der Waals surface area contributed by atoms with Gasteiger partial charge in [-0.15, -0.1) is 0 Å². The molecule has 3 unspecified atom stereocenters. The van der Waals surface area contributed by atoms with Crippen molar-refractivity contribution < 1.29 is 32.9 Å². The van der Waals surface area contributed by atoms with Crippen molar-refractivity contribution in [3.63, 3.8) is 0 Å². The first-order valence-corrected chi connectivity index (χ1v) is 31.4. The highest BCUT2D eigenvalue weighted by Crippen LogP contribution is 2.43. The number of amides is 1. The molecule has 0 aliphatic rings. The van der Waals surface area contributed by atoms with Crippen LogP contribution in [0.4, 0.5) is 0 Å². The van der Waals surface area contributed by atoms with Crippen LogP contribution in [0.3, 0.4) is 0 Å². The van der Waals surface area contributed by atoms with Gasteiger partial charge in [0.2, 0.25) is 5.91 Å². The van der Waals surface area contributed by atoms with Crippen LogP contribution in [-0.4, -0.2) is 73.4 Å². The molecular weight excluding hydrogens is 912 g/mol. The molecule has 0 bridgehead atoms. The summed E-state index contributed by atoms with van der Waals surface area (Å²) in [4.78, 5) is 23.4. The molecule has 3 N–H and O–H groups in total. The highest BCUT2D eigenvalue weighted by atomic mass is 31.2. The maximum absolute atomic E-state index is 13.0. The van der Waals surface area contributed by atoms with Crippen LogP contribution in [0, 0.1) is 0 Å². The molecule has 3 atom stereocenters. The van der Waals surface area contributed by atoms with Gasteiger partial charge in [-0.05, 0) is 70.6 Å². The Morgan fingerprint density at radius 3 is 1.21 bits per heavy atom. The fraction of sp³-hybridized carbons (Fsp3) is 0.762. The summed E-state index contributed by atoms with van der Waals surface area (Å²) in [5.41, 5.74) is 0. The minimum Gasteiger partial charge on any atom is -0.391 e. The average Bonchev–Trinajstić information content (AvgIpc) is 3.34. The Bertz CT molecular complexity index is 1450. The van der Waals surface area contributed by atoms with Crippen molar-refractivity contribution in [2.75, 3.05) is 40.9 Å². The van der Waals surface area contributed by atoms with E-state index in [-0.39, 0.29) is 19.1 Å². The van der Waals surface area contributed by atoms with E-state index in [0.717, 1.165) is 89.9 Å². The Morgan fingerprint density at radius 2 is 0.833 bits per heavy atom. The number of aliphatic hydroxyl groups excluding tert-OH is 1. The molecule has 418 valence electrons. The molecule has 0 aromatic carbocycles. The van der Waals surface area contributed by atoms with Crippen LogP contribution in [0.25, 0.3) is 0 Å². The normalized spacial score (nSPS) is 14.5. The van der Waals surface area contributed by atoms with Crippen molar-refractivity contribution in [2.24, 2.45) is 0 Å². The third-order valence-electron chi connectivity index (χ3n) is 13.2. The van der Waals surface area contributed by atoms with Gasteiger partial charge >= 0.3 is 7.82 Å². The number of phosphoric ester groups is 1. The number of likely N-dealkylation sites (N-methyl/N-ethyl adjacent to an activating group) is 1. The Morgan fingerprint density at radius 1 is 0.486 bits per heavy atom. The number of carbonyl (C=O) groups excluding carboxylic acids is 1. The van der Waals surface area contributed by atoms with E-state index in [2.05, 4.69) is 104 Å². The number of aliphatic hydroxyl groups is 1. The molecule has 0 saturated carbocycles. The lowest BCUT2D eigenvalue weighted by molar-refractivity contribution is -0.870. The monoisotopic (exact) mass is 1030 g/mol. The van der Waals surface area contributed by atoms with Gasteiger partial charge in [-0.2, -0.15) is 0 Å². The van der Waals surface area contributed by atoms with Gasteiger partial charge in [-0.25, -0.2) is 4.57 Å².